The third-order valence-electron chi connectivity index (χ3n) is 5.88. The van der Waals surface area contributed by atoms with Crippen molar-refractivity contribution >= 4 is 23.5 Å². The number of nitrogens with zero attached hydrogens (tertiary/aromatic N) is 4. The Morgan fingerprint density at radius 2 is 2.25 bits per heavy atom. The second kappa shape index (κ2) is 9.06. The molecule has 2 aliphatic rings. The Morgan fingerprint density at radius 3 is 3.00 bits per heavy atom. The molecule has 2 N–H and O–H groups in total. The number of anilines is 2. The third kappa shape index (κ3) is 4.25. The van der Waals surface area contributed by atoms with Gasteiger partial charge in [-0.15, -0.1) is 0 Å². The molecule has 2 heterocycles. The van der Waals surface area contributed by atoms with E-state index >= 15 is 0 Å². The summed E-state index contributed by atoms with van der Waals surface area (Å²) in [5.41, 5.74) is 2.45. The summed E-state index contributed by atoms with van der Waals surface area (Å²) in [4.78, 5) is 35.1. The molecule has 164 valence electrons. The van der Waals surface area contributed by atoms with Crippen molar-refractivity contribution in [3.05, 3.63) is 53.7 Å². The smallest absolute Gasteiger partial charge is 0.254 e. The van der Waals surface area contributed by atoms with E-state index in [4.69, 9.17) is 10.00 Å². The predicted octanol–water partition coefficient (Wildman–Crippen LogP) is 2.86. The van der Waals surface area contributed by atoms with Crippen molar-refractivity contribution in [2.45, 2.75) is 44.3 Å². The van der Waals surface area contributed by atoms with Crippen LogP contribution >= 0.6 is 0 Å². The molecule has 0 bridgehead atoms. The summed E-state index contributed by atoms with van der Waals surface area (Å²) in [6.07, 6.45) is 6.24. The summed E-state index contributed by atoms with van der Waals surface area (Å²) in [5, 5.41) is 15.1. The fourth-order valence-corrected chi connectivity index (χ4v) is 4.32. The van der Waals surface area contributed by atoms with E-state index in [-0.39, 0.29) is 35.3 Å². The van der Waals surface area contributed by atoms with E-state index in [2.05, 4.69) is 27.2 Å². The maximum Gasteiger partial charge on any atom is 0.254 e. The van der Waals surface area contributed by atoms with Crippen molar-refractivity contribution < 1.29 is 14.3 Å². The fraction of sp³-hybridized carbons (Fsp3) is 0.348. The van der Waals surface area contributed by atoms with Crippen LogP contribution in [-0.4, -0.2) is 45.9 Å². The number of hydrogen-bond donors (Lipinski definition) is 2. The number of ether oxygens (including phenoxy) is 1. The summed E-state index contributed by atoms with van der Waals surface area (Å²) >= 11 is 0. The van der Waals surface area contributed by atoms with Crippen LogP contribution in [0.4, 0.5) is 11.6 Å². The van der Waals surface area contributed by atoms with Crippen molar-refractivity contribution in [3.63, 3.8) is 0 Å². The van der Waals surface area contributed by atoms with Gasteiger partial charge in [0.1, 0.15) is 11.6 Å². The van der Waals surface area contributed by atoms with Gasteiger partial charge in [0, 0.05) is 29.9 Å². The van der Waals surface area contributed by atoms with E-state index in [1.54, 1.807) is 12.1 Å². The quantitative estimate of drug-likeness (QED) is 0.674. The van der Waals surface area contributed by atoms with Crippen molar-refractivity contribution in [2.24, 2.45) is 0 Å². The van der Waals surface area contributed by atoms with Gasteiger partial charge < -0.3 is 20.3 Å². The molecular weight excluding hydrogens is 408 g/mol. The molecule has 0 spiro atoms. The average molecular weight is 432 g/mol. The largest absolute Gasteiger partial charge is 0.480 e. The summed E-state index contributed by atoms with van der Waals surface area (Å²) in [7, 11) is 1.47. The second-order valence-electron chi connectivity index (χ2n) is 7.89. The second-order valence-corrected chi connectivity index (χ2v) is 7.89. The number of amides is 2. The topological polar surface area (TPSA) is 120 Å². The van der Waals surface area contributed by atoms with E-state index in [1.807, 2.05) is 17.0 Å². The molecule has 4 rings (SSSR count). The number of carbonyl (C=O) groups excluding carboxylic acids is 2. The van der Waals surface area contributed by atoms with Gasteiger partial charge in [-0.3, -0.25) is 9.59 Å². The zero-order valence-electron chi connectivity index (χ0n) is 17.8. The van der Waals surface area contributed by atoms with E-state index in [0.717, 1.165) is 31.2 Å². The van der Waals surface area contributed by atoms with Crippen molar-refractivity contribution in [2.75, 3.05) is 17.7 Å². The highest BCUT2D eigenvalue weighted by atomic mass is 16.5. The molecule has 0 radical (unpaired) electrons. The Bertz CT molecular complexity index is 1110. The molecule has 0 saturated heterocycles. The number of benzene rings is 1. The highest BCUT2D eigenvalue weighted by Gasteiger charge is 2.35. The van der Waals surface area contributed by atoms with Gasteiger partial charge in [0.05, 0.1) is 13.3 Å². The standard InChI is InChI=1S/C23H24N6O3/c1-3-20(30)26-17-8-7-14-13-29(22(31)19(14)10-17)18-6-4-5-16(9-18)27-23-25-12-15(11-24)21(28-23)32-2/h3,7-8,10,12,16,18H,1,4-6,9,13H2,2H3,(H,26,30)(H,25,27,28)/t16-,18+/m1/s1. The number of aromatic nitrogens is 2. The number of carbonyl (C=O) groups is 2. The number of rotatable bonds is 6. The maximum absolute atomic E-state index is 13.1. The molecule has 9 heteroatoms. The highest BCUT2D eigenvalue weighted by Crippen LogP contribution is 2.33. The molecule has 1 aliphatic carbocycles. The molecule has 32 heavy (non-hydrogen) atoms. The Labute approximate surface area is 186 Å². The Morgan fingerprint density at radius 1 is 1.41 bits per heavy atom. The van der Waals surface area contributed by atoms with E-state index in [1.165, 1.54) is 19.4 Å². The van der Waals surface area contributed by atoms with Crippen molar-refractivity contribution in [3.8, 4) is 11.9 Å². The molecular formula is C23H24N6O3. The van der Waals surface area contributed by atoms with Crippen LogP contribution in [0, 0.1) is 11.3 Å². The number of hydrogen-bond acceptors (Lipinski definition) is 7. The number of nitrogens with one attached hydrogen (secondary N) is 2. The molecule has 2 amide bonds. The van der Waals surface area contributed by atoms with Gasteiger partial charge in [-0.05, 0) is 49.5 Å². The van der Waals surface area contributed by atoms with E-state index < -0.39 is 0 Å². The summed E-state index contributed by atoms with van der Waals surface area (Å²) < 4.78 is 5.16. The molecule has 1 saturated carbocycles. The van der Waals surface area contributed by atoms with Crippen LogP contribution in [0.1, 0.15) is 47.2 Å². The predicted molar refractivity (Wildman–Crippen MR) is 118 cm³/mol. The first-order chi connectivity index (χ1) is 15.5. The molecule has 2 atom stereocenters. The summed E-state index contributed by atoms with van der Waals surface area (Å²) in [5.74, 6) is 0.318. The van der Waals surface area contributed by atoms with Crippen LogP contribution in [0.25, 0.3) is 0 Å². The molecule has 1 aromatic carbocycles. The molecule has 0 unspecified atom stereocenters. The van der Waals surface area contributed by atoms with Crippen LogP contribution in [0.15, 0.2) is 37.1 Å². The SMILES string of the molecule is C=CC(=O)Nc1ccc2c(c1)C(=O)N([C@H]1CCC[C@@H](Nc3ncc(C#N)c(OC)n3)C1)C2. The lowest BCUT2D eigenvalue weighted by molar-refractivity contribution is -0.111. The zero-order chi connectivity index (χ0) is 22.7. The molecule has 2 aromatic rings. The van der Waals surface area contributed by atoms with Gasteiger partial charge >= 0.3 is 0 Å². The number of nitriles is 1. The molecule has 1 aliphatic heterocycles. The van der Waals surface area contributed by atoms with Crippen LogP contribution in [-0.2, 0) is 11.3 Å². The van der Waals surface area contributed by atoms with Gasteiger partial charge in [0.2, 0.25) is 17.7 Å². The molecule has 1 aromatic heterocycles. The average Bonchev–Trinajstić information content (AvgIpc) is 3.15. The lowest BCUT2D eigenvalue weighted by Crippen LogP contribution is -2.42. The number of methoxy groups -OCH3 is 1. The van der Waals surface area contributed by atoms with Gasteiger partial charge in [-0.25, -0.2) is 4.98 Å². The van der Waals surface area contributed by atoms with E-state index in [0.29, 0.717) is 23.7 Å². The maximum atomic E-state index is 13.1. The van der Waals surface area contributed by atoms with Crippen LogP contribution in [0.3, 0.4) is 0 Å². The Balaban J connectivity index is 1.44. The van der Waals surface area contributed by atoms with Gasteiger partial charge in [-0.2, -0.15) is 10.2 Å². The first-order valence-corrected chi connectivity index (χ1v) is 10.5. The third-order valence-corrected chi connectivity index (χ3v) is 5.88. The first-order valence-electron chi connectivity index (χ1n) is 10.5. The van der Waals surface area contributed by atoms with Crippen molar-refractivity contribution in [1.29, 1.82) is 5.26 Å². The van der Waals surface area contributed by atoms with Gasteiger partial charge in [0.25, 0.3) is 5.91 Å². The minimum absolute atomic E-state index is 0.0170. The Hall–Kier alpha value is -3.93. The van der Waals surface area contributed by atoms with Crippen LogP contribution in [0.2, 0.25) is 0 Å². The first kappa shape index (κ1) is 21.3. The molecule has 1 fully saturated rings. The number of fused-ring (bicyclic) bond motifs is 1. The van der Waals surface area contributed by atoms with Crippen LogP contribution < -0.4 is 15.4 Å². The lowest BCUT2D eigenvalue weighted by Gasteiger charge is -2.35. The van der Waals surface area contributed by atoms with Crippen LogP contribution in [0.5, 0.6) is 5.88 Å². The lowest BCUT2D eigenvalue weighted by atomic mass is 9.90. The fourth-order valence-electron chi connectivity index (χ4n) is 4.32. The summed E-state index contributed by atoms with van der Waals surface area (Å²) in [6, 6.07) is 7.62. The van der Waals surface area contributed by atoms with E-state index in [9.17, 15) is 9.59 Å². The van der Waals surface area contributed by atoms with Crippen molar-refractivity contribution in [1.82, 2.24) is 14.9 Å². The Kier molecular flexibility index (Phi) is 6.03. The highest BCUT2D eigenvalue weighted by molar-refractivity contribution is 6.02. The van der Waals surface area contributed by atoms with Gasteiger partial charge in [-0.1, -0.05) is 12.6 Å². The normalized spacial score (nSPS) is 19.6. The van der Waals surface area contributed by atoms with Gasteiger partial charge in [0.15, 0.2) is 0 Å². The minimum Gasteiger partial charge on any atom is -0.480 e. The zero-order valence-corrected chi connectivity index (χ0v) is 17.8. The minimum atomic E-state index is -0.310. The monoisotopic (exact) mass is 432 g/mol. The molecule has 9 nitrogen and oxygen atoms in total. The summed E-state index contributed by atoms with van der Waals surface area (Å²) in [6.45, 7) is 4.01.